The average molecular weight is 292 g/mol. The van der Waals surface area contributed by atoms with E-state index in [4.69, 9.17) is 14.2 Å². The Morgan fingerprint density at radius 1 is 1.10 bits per heavy atom. The highest BCUT2D eigenvalue weighted by Gasteiger charge is 2.15. The molecular weight excluding hydrogens is 268 g/mol. The Bertz CT molecular complexity index is 461. The van der Waals surface area contributed by atoms with Crippen LogP contribution in [0.15, 0.2) is 18.2 Å². The second-order valence-corrected chi connectivity index (χ2v) is 5.53. The van der Waals surface area contributed by atoms with Crippen molar-refractivity contribution in [3.8, 4) is 11.5 Å². The van der Waals surface area contributed by atoms with Gasteiger partial charge < -0.3 is 19.5 Å². The lowest BCUT2D eigenvalue weighted by atomic mass is 10.1. The van der Waals surface area contributed by atoms with Crippen molar-refractivity contribution in [2.24, 2.45) is 0 Å². The van der Waals surface area contributed by atoms with Gasteiger partial charge in [0.25, 0.3) is 0 Å². The topological polar surface area (TPSA) is 43.0 Å². The van der Waals surface area contributed by atoms with Gasteiger partial charge in [0.2, 0.25) is 0 Å². The maximum absolute atomic E-state index is 5.64. The molecule has 0 spiro atoms. The van der Waals surface area contributed by atoms with Gasteiger partial charge in [-0.3, -0.25) is 4.90 Å². The van der Waals surface area contributed by atoms with E-state index in [1.807, 2.05) is 6.07 Å². The zero-order chi connectivity index (χ0) is 14.5. The molecule has 1 N–H and O–H groups in total. The molecule has 0 bridgehead atoms. The molecule has 0 saturated carbocycles. The van der Waals surface area contributed by atoms with E-state index < -0.39 is 0 Å². The third-order valence-electron chi connectivity index (χ3n) is 4.05. The highest BCUT2D eigenvalue weighted by molar-refractivity contribution is 5.44. The van der Waals surface area contributed by atoms with Crippen molar-refractivity contribution in [3.05, 3.63) is 23.8 Å². The third-order valence-corrected chi connectivity index (χ3v) is 4.05. The molecule has 2 heterocycles. The Kier molecular flexibility index (Phi) is 4.95. The van der Waals surface area contributed by atoms with Crippen LogP contribution in [0.25, 0.3) is 0 Å². The van der Waals surface area contributed by atoms with Gasteiger partial charge in [-0.15, -0.1) is 0 Å². The van der Waals surface area contributed by atoms with Crippen molar-refractivity contribution < 1.29 is 14.2 Å². The van der Waals surface area contributed by atoms with E-state index >= 15 is 0 Å². The molecule has 0 amide bonds. The van der Waals surface area contributed by atoms with E-state index in [0.717, 1.165) is 50.9 Å². The molecule has 3 rings (SSSR count). The van der Waals surface area contributed by atoms with E-state index in [2.05, 4.69) is 29.3 Å². The first-order valence-corrected chi connectivity index (χ1v) is 7.76. The number of fused-ring (bicyclic) bond motifs is 1. The van der Waals surface area contributed by atoms with Crippen LogP contribution in [0.3, 0.4) is 0 Å². The molecule has 0 aromatic heterocycles. The zero-order valence-electron chi connectivity index (χ0n) is 12.6. The highest BCUT2D eigenvalue weighted by atomic mass is 16.6. The van der Waals surface area contributed by atoms with Crippen molar-refractivity contribution in [2.45, 2.75) is 13.0 Å². The van der Waals surface area contributed by atoms with E-state index in [9.17, 15) is 0 Å². The normalized spacial score (nSPS) is 20.2. The summed E-state index contributed by atoms with van der Waals surface area (Å²) in [5, 5.41) is 3.57. The number of benzene rings is 1. The summed E-state index contributed by atoms with van der Waals surface area (Å²) < 4.78 is 16.6. The van der Waals surface area contributed by atoms with Gasteiger partial charge in [0.15, 0.2) is 11.5 Å². The largest absolute Gasteiger partial charge is 0.486 e. The Morgan fingerprint density at radius 2 is 1.86 bits per heavy atom. The molecule has 5 nitrogen and oxygen atoms in total. The molecule has 1 aromatic rings. The first kappa shape index (κ1) is 14.6. The van der Waals surface area contributed by atoms with Crippen LogP contribution in [0.5, 0.6) is 11.5 Å². The van der Waals surface area contributed by atoms with Crippen LogP contribution in [0.2, 0.25) is 0 Å². The van der Waals surface area contributed by atoms with Crippen molar-refractivity contribution in [3.63, 3.8) is 0 Å². The number of rotatable bonds is 5. The molecule has 1 fully saturated rings. The van der Waals surface area contributed by atoms with Gasteiger partial charge in [0.1, 0.15) is 13.2 Å². The van der Waals surface area contributed by atoms with Gasteiger partial charge in [-0.25, -0.2) is 0 Å². The fourth-order valence-corrected chi connectivity index (χ4v) is 2.71. The Labute approximate surface area is 126 Å². The summed E-state index contributed by atoms with van der Waals surface area (Å²) in [7, 11) is 0. The lowest BCUT2D eigenvalue weighted by molar-refractivity contribution is 0.0382. The van der Waals surface area contributed by atoms with Crippen molar-refractivity contribution >= 4 is 0 Å². The summed E-state index contributed by atoms with van der Waals surface area (Å²) >= 11 is 0. The van der Waals surface area contributed by atoms with Crippen LogP contribution in [0, 0.1) is 0 Å². The predicted octanol–water partition coefficient (Wildman–Crippen LogP) is 1.44. The summed E-state index contributed by atoms with van der Waals surface area (Å²) in [6.07, 6.45) is 0. The van der Waals surface area contributed by atoms with Crippen LogP contribution in [0.1, 0.15) is 18.5 Å². The minimum atomic E-state index is 0.307. The smallest absolute Gasteiger partial charge is 0.161 e. The predicted molar refractivity (Wildman–Crippen MR) is 81.1 cm³/mol. The summed E-state index contributed by atoms with van der Waals surface area (Å²) in [6.45, 7) is 9.31. The molecule has 2 aliphatic heterocycles. The molecule has 1 aromatic carbocycles. The lowest BCUT2D eigenvalue weighted by Crippen LogP contribution is -2.40. The maximum Gasteiger partial charge on any atom is 0.161 e. The minimum absolute atomic E-state index is 0.307. The highest BCUT2D eigenvalue weighted by Crippen LogP contribution is 2.32. The van der Waals surface area contributed by atoms with Crippen LogP contribution in [-0.2, 0) is 4.74 Å². The van der Waals surface area contributed by atoms with Crippen LogP contribution in [-0.4, -0.2) is 57.5 Å². The van der Waals surface area contributed by atoms with E-state index in [1.165, 1.54) is 5.56 Å². The first-order chi connectivity index (χ1) is 10.3. The van der Waals surface area contributed by atoms with Crippen molar-refractivity contribution in [1.82, 2.24) is 10.2 Å². The quantitative estimate of drug-likeness (QED) is 0.889. The monoisotopic (exact) mass is 292 g/mol. The number of nitrogens with one attached hydrogen (secondary N) is 1. The molecule has 1 atom stereocenters. The Morgan fingerprint density at radius 3 is 2.67 bits per heavy atom. The number of hydrogen-bond donors (Lipinski definition) is 1. The lowest BCUT2D eigenvalue weighted by Gasteiger charge is -2.27. The molecule has 116 valence electrons. The standard InChI is InChI=1S/C16H24N2O3/c1-13(17-4-5-18-6-8-19-9-7-18)14-2-3-15-16(12-14)21-11-10-20-15/h2-3,12-13,17H,4-11H2,1H3. The minimum Gasteiger partial charge on any atom is -0.486 e. The average Bonchev–Trinajstić information content (AvgIpc) is 2.55. The van der Waals surface area contributed by atoms with Gasteiger partial charge in [-0.05, 0) is 24.6 Å². The molecule has 0 radical (unpaired) electrons. The number of nitrogens with zero attached hydrogens (tertiary/aromatic N) is 1. The van der Waals surface area contributed by atoms with Gasteiger partial charge in [-0.2, -0.15) is 0 Å². The fourth-order valence-electron chi connectivity index (χ4n) is 2.71. The van der Waals surface area contributed by atoms with Crippen LogP contribution in [0.4, 0.5) is 0 Å². The molecule has 21 heavy (non-hydrogen) atoms. The Balaban J connectivity index is 1.49. The second-order valence-electron chi connectivity index (χ2n) is 5.53. The van der Waals surface area contributed by atoms with Gasteiger partial charge >= 0.3 is 0 Å². The maximum atomic E-state index is 5.64. The van der Waals surface area contributed by atoms with Gasteiger partial charge in [0.05, 0.1) is 13.2 Å². The first-order valence-electron chi connectivity index (χ1n) is 7.76. The second kappa shape index (κ2) is 7.11. The number of hydrogen-bond acceptors (Lipinski definition) is 5. The number of morpholine rings is 1. The fraction of sp³-hybridized carbons (Fsp3) is 0.625. The van der Waals surface area contributed by atoms with E-state index in [-0.39, 0.29) is 0 Å². The van der Waals surface area contributed by atoms with Crippen molar-refractivity contribution in [2.75, 3.05) is 52.6 Å². The summed E-state index contributed by atoms with van der Waals surface area (Å²) in [5.74, 6) is 1.71. The summed E-state index contributed by atoms with van der Waals surface area (Å²) in [4.78, 5) is 2.44. The summed E-state index contributed by atoms with van der Waals surface area (Å²) in [5.41, 5.74) is 1.24. The van der Waals surface area contributed by atoms with Crippen LogP contribution >= 0.6 is 0 Å². The van der Waals surface area contributed by atoms with Crippen LogP contribution < -0.4 is 14.8 Å². The van der Waals surface area contributed by atoms with Gasteiger partial charge in [-0.1, -0.05) is 6.07 Å². The van der Waals surface area contributed by atoms with Crippen molar-refractivity contribution in [1.29, 1.82) is 0 Å². The number of ether oxygens (including phenoxy) is 3. The van der Waals surface area contributed by atoms with E-state index in [1.54, 1.807) is 0 Å². The molecule has 1 saturated heterocycles. The molecule has 2 aliphatic rings. The zero-order valence-corrected chi connectivity index (χ0v) is 12.6. The third kappa shape index (κ3) is 3.87. The molecule has 1 unspecified atom stereocenters. The SMILES string of the molecule is CC(NCCN1CCOCC1)c1ccc2c(c1)OCCO2. The van der Waals surface area contributed by atoms with Gasteiger partial charge in [0, 0.05) is 32.2 Å². The molecule has 0 aliphatic carbocycles. The summed E-state index contributed by atoms with van der Waals surface area (Å²) in [6, 6.07) is 6.51. The molecule has 5 heteroatoms. The molecular formula is C16H24N2O3. The van der Waals surface area contributed by atoms with E-state index in [0.29, 0.717) is 19.3 Å². The Hall–Kier alpha value is -1.30.